The van der Waals surface area contributed by atoms with Crippen molar-refractivity contribution < 1.29 is 26.8 Å². The Balaban J connectivity index is 1.92. The third-order valence-corrected chi connectivity index (χ3v) is 2.68. The van der Waals surface area contributed by atoms with Gasteiger partial charge < -0.3 is 22.4 Å². The van der Waals surface area contributed by atoms with E-state index in [4.69, 9.17) is 9.47 Å². The highest BCUT2D eigenvalue weighted by molar-refractivity contribution is 6.73. The van der Waals surface area contributed by atoms with Crippen molar-refractivity contribution >= 4 is 12.4 Å². The monoisotopic (exact) mass is 263 g/mol. The first-order chi connectivity index (χ1) is 8.47. The van der Waals surface area contributed by atoms with Crippen molar-refractivity contribution in [2.24, 2.45) is 5.92 Å². The molecule has 0 heterocycles. The molecule has 2 rings (SSSR count). The lowest BCUT2D eigenvalue weighted by Crippen LogP contribution is -2.34. The fourth-order valence-corrected chi connectivity index (χ4v) is 1.44. The molecule has 18 heavy (non-hydrogen) atoms. The van der Waals surface area contributed by atoms with Crippen LogP contribution in [0, 0.1) is 11.7 Å². The van der Waals surface area contributed by atoms with Gasteiger partial charge in [-0.2, -0.15) is 0 Å². The molecule has 0 spiro atoms. The molecule has 0 bridgehead atoms. The highest BCUT2D eigenvalue weighted by atomic mass is 19.4. The Morgan fingerprint density at radius 1 is 1.22 bits per heavy atom. The summed E-state index contributed by atoms with van der Waals surface area (Å²) >= 11 is 0. The average Bonchev–Trinajstić information content (AvgIpc) is 3.09. The number of halogens is 4. The minimum absolute atomic E-state index is 0.234. The highest BCUT2D eigenvalue weighted by Gasteiger charge is 2.26. The summed E-state index contributed by atoms with van der Waals surface area (Å²) in [7, 11) is 0. The lowest BCUT2D eigenvalue weighted by atomic mass is 9.80. The third-order valence-electron chi connectivity index (χ3n) is 2.68. The van der Waals surface area contributed by atoms with Gasteiger partial charge in [-0.1, -0.05) is 6.07 Å². The maximum atomic E-state index is 13.2. The largest absolute Gasteiger partial charge is 0.509 e. The maximum absolute atomic E-state index is 13.2. The summed E-state index contributed by atoms with van der Waals surface area (Å²) in [5.41, 5.74) is -0.881. The van der Waals surface area contributed by atoms with Crippen molar-refractivity contribution in [1.29, 1.82) is 0 Å². The Kier molecular flexibility index (Phi) is 3.80. The molecule has 0 atom stereocenters. The van der Waals surface area contributed by atoms with E-state index in [-0.39, 0.29) is 6.79 Å². The van der Waals surface area contributed by atoms with Crippen molar-refractivity contribution in [2.75, 3.05) is 13.4 Å². The van der Waals surface area contributed by atoms with Gasteiger partial charge in [0.25, 0.3) is 0 Å². The molecular formula is C11H12BF4O2-. The number of ether oxygens (including phenoxy) is 2. The van der Waals surface area contributed by atoms with E-state index < -0.39 is 24.0 Å². The lowest BCUT2D eigenvalue weighted by molar-refractivity contribution is 0.00796. The van der Waals surface area contributed by atoms with E-state index >= 15 is 0 Å². The zero-order valence-corrected chi connectivity index (χ0v) is 9.54. The molecule has 0 aliphatic heterocycles. The van der Waals surface area contributed by atoms with E-state index in [1.807, 2.05) is 0 Å². The van der Waals surface area contributed by atoms with Crippen molar-refractivity contribution in [3.8, 4) is 5.75 Å². The molecule has 0 saturated heterocycles. The Bertz CT molecular complexity index is 418. The normalized spacial score (nSPS) is 15.8. The van der Waals surface area contributed by atoms with Gasteiger partial charge in [0.05, 0.1) is 6.61 Å². The fraction of sp³-hybridized carbons (Fsp3) is 0.455. The Morgan fingerprint density at radius 2 is 1.94 bits per heavy atom. The van der Waals surface area contributed by atoms with Crippen LogP contribution in [0.3, 0.4) is 0 Å². The first-order valence-electron chi connectivity index (χ1n) is 5.67. The van der Waals surface area contributed by atoms with Crippen LogP contribution in [0.4, 0.5) is 17.3 Å². The maximum Gasteiger partial charge on any atom is 0.509 e. The average molecular weight is 263 g/mol. The highest BCUT2D eigenvalue weighted by Crippen LogP contribution is 2.28. The van der Waals surface area contributed by atoms with E-state index in [1.54, 1.807) is 0 Å². The van der Waals surface area contributed by atoms with Crippen LogP contribution < -0.4 is 10.2 Å². The van der Waals surface area contributed by atoms with Crippen molar-refractivity contribution in [2.45, 2.75) is 12.8 Å². The molecule has 0 amide bonds. The van der Waals surface area contributed by atoms with Crippen LogP contribution in [0.1, 0.15) is 12.8 Å². The summed E-state index contributed by atoms with van der Waals surface area (Å²) in [4.78, 5) is 0. The molecule has 1 aromatic rings. The molecule has 1 aliphatic carbocycles. The minimum atomic E-state index is -5.15. The Morgan fingerprint density at radius 3 is 2.56 bits per heavy atom. The quantitative estimate of drug-likeness (QED) is 0.340. The zero-order valence-electron chi connectivity index (χ0n) is 9.54. The summed E-state index contributed by atoms with van der Waals surface area (Å²) in [6.07, 6.45) is 2.20. The topological polar surface area (TPSA) is 18.5 Å². The van der Waals surface area contributed by atoms with Crippen LogP contribution in [0.15, 0.2) is 18.2 Å². The number of hydrogen-bond acceptors (Lipinski definition) is 2. The first kappa shape index (κ1) is 13.2. The van der Waals surface area contributed by atoms with Crippen LogP contribution in [-0.4, -0.2) is 20.4 Å². The third kappa shape index (κ3) is 3.63. The Hall–Kier alpha value is -1.24. The van der Waals surface area contributed by atoms with Crippen molar-refractivity contribution in [3.05, 3.63) is 24.0 Å². The molecule has 0 unspecified atom stereocenters. The lowest BCUT2D eigenvalue weighted by Gasteiger charge is -2.16. The zero-order chi connectivity index (χ0) is 13.2. The number of hydrogen-bond donors (Lipinski definition) is 0. The van der Waals surface area contributed by atoms with Crippen LogP contribution in [0.2, 0.25) is 0 Å². The molecule has 0 radical (unpaired) electrons. The molecule has 0 aromatic heterocycles. The van der Waals surface area contributed by atoms with Crippen LogP contribution >= 0.6 is 0 Å². The van der Waals surface area contributed by atoms with E-state index in [2.05, 4.69) is 0 Å². The van der Waals surface area contributed by atoms with E-state index in [1.165, 1.54) is 0 Å². The van der Waals surface area contributed by atoms with Gasteiger partial charge in [-0.15, -0.1) is 5.46 Å². The summed E-state index contributed by atoms with van der Waals surface area (Å²) in [5.74, 6) is -0.736. The summed E-state index contributed by atoms with van der Waals surface area (Å²) in [6.45, 7) is -4.88. The predicted molar refractivity (Wildman–Crippen MR) is 59.3 cm³/mol. The second-order valence-electron chi connectivity index (χ2n) is 4.34. The molecule has 0 N–H and O–H groups in total. The Labute approximate surface area is 102 Å². The van der Waals surface area contributed by atoms with E-state index in [9.17, 15) is 17.3 Å². The van der Waals surface area contributed by atoms with Crippen molar-refractivity contribution in [1.82, 2.24) is 0 Å². The van der Waals surface area contributed by atoms with Gasteiger partial charge in [0, 0.05) is 0 Å². The minimum Gasteiger partial charge on any atom is -0.465 e. The van der Waals surface area contributed by atoms with Gasteiger partial charge in [0.1, 0.15) is 0 Å². The van der Waals surface area contributed by atoms with Gasteiger partial charge in [0.2, 0.25) is 0 Å². The molecular weight excluding hydrogens is 251 g/mol. The van der Waals surface area contributed by atoms with Gasteiger partial charge in [0.15, 0.2) is 18.4 Å². The molecule has 100 valence electrons. The number of rotatable bonds is 6. The standard InChI is InChI=1S/C11H12BF4O2/c13-10-4-3-9(12(14,15)16)5-11(10)18-7-17-6-8-1-2-8/h3-5,8H,1-2,6-7H2/q-1. The van der Waals surface area contributed by atoms with Gasteiger partial charge in [-0.3, -0.25) is 0 Å². The predicted octanol–water partition coefficient (Wildman–Crippen LogP) is 2.64. The summed E-state index contributed by atoms with van der Waals surface area (Å²) in [5, 5.41) is 0. The molecule has 7 heteroatoms. The van der Waals surface area contributed by atoms with Crippen LogP contribution in [-0.2, 0) is 4.74 Å². The van der Waals surface area contributed by atoms with Crippen LogP contribution in [0.25, 0.3) is 0 Å². The first-order valence-corrected chi connectivity index (χ1v) is 5.67. The molecule has 1 saturated carbocycles. The van der Waals surface area contributed by atoms with Crippen molar-refractivity contribution in [3.63, 3.8) is 0 Å². The van der Waals surface area contributed by atoms with Gasteiger partial charge in [-0.05, 0) is 30.9 Å². The summed E-state index contributed by atoms with van der Waals surface area (Å²) < 4.78 is 60.5. The second kappa shape index (κ2) is 5.18. The summed E-state index contributed by atoms with van der Waals surface area (Å²) in [6, 6.07) is 2.11. The van der Waals surface area contributed by atoms with E-state index in [0.29, 0.717) is 24.7 Å². The second-order valence-corrected chi connectivity index (χ2v) is 4.34. The van der Waals surface area contributed by atoms with Crippen LogP contribution in [0.5, 0.6) is 5.75 Å². The van der Waals surface area contributed by atoms with Gasteiger partial charge >= 0.3 is 6.98 Å². The fourth-order valence-electron chi connectivity index (χ4n) is 1.44. The van der Waals surface area contributed by atoms with Gasteiger partial charge in [-0.25, -0.2) is 4.39 Å². The number of benzene rings is 1. The molecule has 1 aromatic carbocycles. The molecule has 2 nitrogen and oxygen atoms in total. The van der Waals surface area contributed by atoms with E-state index in [0.717, 1.165) is 18.9 Å². The molecule has 1 aliphatic rings. The smallest absolute Gasteiger partial charge is 0.465 e. The molecule has 1 fully saturated rings. The SMILES string of the molecule is Fc1ccc([B-](F)(F)F)cc1OCOCC1CC1.